The number of esters is 1. The summed E-state index contributed by atoms with van der Waals surface area (Å²) < 4.78 is 10.9. The Morgan fingerprint density at radius 1 is 1.17 bits per heavy atom. The third kappa shape index (κ3) is 5.25. The molecule has 2 atom stereocenters. The number of rotatable bonds is 8. The molecule has 0 aliphatic carbocycles. The Hall–Kier alpha value is -2.27. The first-order valence-electron chi connectivity index (χ1n) is 10.8. The number of hydrogen-bond acceptors (Lipinski definition) is 5. The minimum Gasteiger partial charge on any atom is -0.508 e. The Balaban J connectivity index is 1.58. The predicted molar refractivity (Wildman–Crippen MR) is 117 cm³/mol. The maximum atomic E-state index is 12.2. The van der Waals surface area contributed by atoms with E-state index in [9.17, 15) is 15.0 Å². The quantitative estimate of drug-likeness (QED) is 0.339. The maximum absolute atomic E-state index is 12.2. The molecular weight excluding hydrogens is 380 g/mol. The Kier molecular flexibility index (Phi) is 6.61. The number of aromatic hydroxyl groups is 2. The van der Waals surface area contributed by atoms with Gasteiger partial charge in [-0.2, -0.15) is 0 Å². The van der Waals surface area contributed by atoms with Gasteiger partial charge >= 0.3 is 5.97 Å². The summed E-state index contributed by atoms with van der Waals surface area (Å²) in [6, 6.07) is 1.24. The van der Waals surface area contributed by atoms with Gasteiger partial charge in [-0.1, -0.05) is 23.3 Å². The minimum atomic E-state index is -0.524. The number of allylic oxidation sites excluding steroid dienone is 4. The van der Waals surface area contributed by atoms with Crippen LogP contribution in [0.4, 0.5) is 0 Å². The number of hydrogen-bond donors (Lipinski definition) is 2. The molecule has 5 heteroatoms. The van der Waals surface area contributed by atoms with Crippen molar-refractivity contribution in [2.24, 2.45) is 0 Å². The monoisotopic (exact) mass is 414 g/mol. The van der Waals surface area contributed by atoms with E-state index in [-0.39, 0.29) is 28.8 Å². The van der Waals surface area contributed by atoms with Crippen LogP contribution < -0.4 is 0 Å². The van der Waals surface area contributed by atoms with Crippen LogP contribution in [0.1, 0.15) is 81.8 Å². The van der Waals surface area contributed by atoms with Crippen LogP contribution in [0.15, 0.2) is 29.4 Å². The van der Waals surface area contributed by atoms with Gasteiger partial charge in [-0.25, -0.2) is 4.79 Å². The number of phenolic OH excluding ortho intramolecular Hbond substituents is 2. The molecular formula is C25H34O5. The number of cyclic esters (lactones) is 1. The fraction of sp³-hybridized carbons (Fsp3) is 0.560. The average Bonchev–Trinajstić information content (AvgIpc) is 3.25. The summed E-state index contributed by atoms with van der Waals surface area (Å²) in [6.45, 7) is 10.4. The van der Waals surface area contributed by atoms with Crippen molar-refractivity contribution in [1.82, 2.24) is 0 Å². The van der Waals surface area contributed by atoms with Gasteiger partial charge in [0.05, 0.1) is 11.7 Å². The van der Waals surface area contributed by atoms with E-state index in [1.54, 1.807) is 0 Å². The molecule has 2 aliphatic rings. The van der Waals surface area contributed by atoms with Gasteiger partial charge in [0, 0.05) is 18.1 Å². The molecule has 0 bridgehead atoms. The molecule has 0 saturated carbocycles. The highest BCUT2D eigenvalue weighted by Gasteiger charge is 2.46. The highest BCUT2D eigenvalue weighted by molar-refractivity contribution is 5.96. The third-order valence-corrected chi connectivity index (χ3v) is 6.16. The molecule has 164 valence electrons. The Labute approximate surface area is 179 Å². The van der Waals surface area contributed by atoms with Gasteiger partial charge in [-0.05, 0) is 72.3 Å². The summed E-state index contributed by atoms with van der Waals surface area (Å²) in [5.41, 5.74) is 4.27. The van der Waals surface area contributed by atoms with Crippen molar-refractivity contribution in [1.29, 1.82) is 0 Å². The molecule has 0 aromatic heterocycles. The van der Waals surface area contributed by atoms with Crippen LogP contribution in [-0.4, -0.2) is 34.0 Å². The first kappa shape index (κ1) is 22.4. The summed E-state index contributed by atoms with van der Waals surface area (Å²) in [6.07, 6.45) is 9.61. The van der Waals surface area contributed by atoms with Gasteiger partial charge in [0.2, 0.25) is 0 Å². The van der Waals surface area contributed by atoms with Crippen molar-refractivity contribution < 1.29 is 24.5 Å². The van der Waals surface area contributed by atoms with Crippen LogP contribution in [0, 0.1) is 0 Å². The van der Waals surface area contributed by atoms with Gasteiger partial charge in [0.1, 0.15) is 23.2 Å². The summed E-state index contributed by atoms with van der Waals surface area (Å²) in [5.74, 6) is -0.716. The number of carbonyl (C=O) groups is 1. The van der Waals surface area contributed by atoms with Gasteiger partial charge in [-0.3, -0.25) is 0 Å². The lowest BCUT2D eigenvalue weighted by molar-refractivity contribution is 0.0296. The second-order valence-corrected chi connectivity index (χ2v) is 9.26. The molecule has 1 aromatic carbocycles. The topological polar surface area (TPSA) is 79.3 Å². The van der Waals surface area contributed by atoms with Crippen molar-refractivity contribution in [2.75, 3.05) is 0 Å². The molecule has 2 aliphatic heterocycles. The molecule has 1 aromatic rings. The largest absolute Gasteiger partial charge is 0.508 e. The molecule has 2 heterocycles. The molecule has 1 fully saturated rings. The van der Waals surface area contributed by atoms with E-state index in [4.69, 9.17) is 9.47 Å². The van der Waals surface area contributed by atoms with Crippen LogP contribution in [0.2, 0.25) is 0 Å². The van der Waals surface area contributed by atoms with Gasteiger partial charge in [0.25, 0.3) is 0 Å². The molecule has 0 amide bonds. The van der Waals surface area contributed by atoms with E-state index in [0.29, 0.717) is 30.1 Å². The number of phenols is 2. The van der Waals surface area contributed by atoms with Crippen LogP contribution in [-0.2, 0) is 22.3 Å². The molecule has 30 heavy (non-hydrogen) atoms. The summed E-state index contributed by atoms with van der Waals surface area (Å²) in [7, 11) is 0. The standard InChI is InChI=1S/C25H34O5/c1-15(7-6-8-16(2)10-12-22-25(4,5)30-22)9-11-18-19-13-17(3)29-24(28)23(19)21(27)14-20(18)26/h8-9,14,17,22,26-27H,6-7,10-13H2,1-5H3/b15-9+,16-8+/t17-,22+/m1/s1. The van der Waals surface area contributed by atoms with Crippen molar-refractivity contribution in [3.8, 4) is 11.5 Å². The highest BCUT2D eigenvalue weighted by atomic mass is 16.6. The number of carbonyl (C=O) groups excluding carboxylic acids is 1. The maximum Gasteiger partial charge on any atom is 0.342 e. The Bertz CT molecular complexity index is 878. The summed E-state index contributed by atoms with van der Waals surface area (Å²) in [5, 5.41) is 20.5. The van der Waals surface area contributed by atoms with Crippen LogP contribution in [0.25, 0.3) is 0 Å². The van der Waals surface area contributed by atoms with Crippen molar-refractivity contribution in [3.05, 3.63) is 46.1 Å². The third-order valence-electron chi connectivity index (χ3n) is 6.16. The van der Waals surface area contributed by atoms with Crippen molar-refractivity contribution in [2.45, 2.75) is 91.0 Å². The fourth-order valence-corrected chi connectivity index (χ4v) is 4.13. The van der Waals surface area contributed by atoms with E-state index in [2.05, 4.69) is 39.8 Å². The van der Waals surface area contributed by atoms with Gasteiger partial charge in [-0.15, -0.1) is 0 Å². The van der Waals surface area contributed by atoms with Crippen LogP contribution >= 0.6 is 0 Å². The zero-order valence-corrected chi connectivity index (χ0v) is 18.7. The number of fused-ring (bicyclic) bond motifs is 1. The molecule has 0 spiro atoms. The van der Waals surface area contributed by atoms with Crippen LogP contribution in [0.5, 0.6) is 11.5 Å². The van der Waals surface area contributed by atoms with E-state index in [1.807, 2.05) is 6.92 Å². The lowest BCUT2D eigenvalue weighted by atomic mass is 9.90. The number of epoxide rings is 1. The van der Waals surface area contributed by atoms with E-state index in [1.165, 1.54) is 17.2 Å². The Morgan fingerprint density at radius 2 is 1.83 bits per heavy atom. The second-order valence-electron chi connectivity index (χ2n) is 9.26. The lowest BCUT2D eigenvalue weighted by Crippen LogP contribution is -2.26. The zero-order valence-electron chi connectivity index (χ0n) is 18.7. The fourth-order valence-electron chi connectivity index (χ4n) is 4.13. The van der Waals surface area contributed by atoms with Gasteiger partial charge in [0.15, 0.2) is 0 Å². The van der Waals surface area contributed by atoms with Crippen molar-refractivity contribution >= 4 is 5.97 Å². The number of benzene rings is 1. The summed E-state index contributed by atoms with van der Waals surface area (Å²) in [4.78, 5) is 12.2. The smallest absolute Gasteiger partial charge is 0.342 e. The molecule has 0 radical (unpaired) electrons. The van der Waals surface area contributed by atoms with E-state index in [0.717, 1.165) is 25.7 Å². The summed E-state index contributed by atoms with van der Waals surface area (Å²) >= 11 is 0. The molecule has 2 N–H and O–H groups in total. The molecule has 1 saturated heterocycles. The molecule has 0 unspecified atom stereocenters. The second kappa shape index (κ2) is 8.84. The Morgan fingerprint density at radius 3 is 2.50 bits per heavy atom. The average molecular weight is 415 g/mol. The first-order chi connectivity index (χ1) is 14.1. The zero-order chi connectivity index (χ0) is 22.1. The van der Waals surface area contributed by atoms with E-state index < -0.39 is 5.97 Å². The normalized spacial score (nSPS) is 23.2. The highest BCUT2D eigenvalue weighted by Crippen LogP contribution is 2.39. The molecule has 3 rings (SSSR count). The lowest BCUT2D eigenvalue weighted by Gasteiger charge is -2.25. The van der Waals surface area contributed by atoms with E-state index >= 15 is 0 Å². The van der Waals surface area contributed by atoms with Gasteiger partial charge < -0.3 is 19.7 Å². The minimum absolute atomic E-state index is 0.0261. The van der Waals surface area contributed by atoms with Crippen LogP contribution in [0.3, 0.4) is 0 Å². The number of ether oxygens (including phenoxy) is 2. The predicted octanol–water partition coefficient (Wildman–Crippen LogP) is 5.37. The first-order valence-corrected chi connectivity index (χ1v) is 10.8. The molecule has 5 nitrogen and oxygen atoms in total. The SMILES string of the molecule is C/C(=C\Cc1c(O)cc(O)c2c1C[C@@H](C)OC2=O)CC/C=C(\C)CC[C@@H]1OC1(C)C. The van der Waals surface area contributed by atoms with Crippen molar-refractivity contribution in [3.63, 3.8) is 0 Å².